The zero-order valence-corrected chi connectivity index (χ0v) is 28.3. The van der Waals surface area contributed by atoms with Crippen molar-refractivity contribution >= 4 is 33.9 Å². The monoisotopic (exact) mass is 646 g/mol. The lowest BCUT2D eigenvalue weighted by Crippen LogP contribution is -2.20. The number of hydrogen-bond acceptors (Lipinski definition) is 8. The van der Waals surface area contributed by atoms with E-state index in [9.17, 15) is 9.59 Å². The van der Waals surface area contributed by atoms with E-state index in [1.807, 2.05) is 90.1 Å². The van der Waals surface area contributed by atoms with E-state index < -0.39 is 10.8 Å². The zero-order chi connectivity index (χ0) is 34.6. The molecule has 10 heteroatoms. The van der Waals surface area contributed by atoms with Crippen molar-refractivity contribution in [1.29, 1.82) is 0 Å². The number of nitrogens with one attached hydrogen (secondary N) is 2. The van der Waals surface area contributed by atoms with Crippen LogP contribution in [0.2, 0.25) is 0 Å². The van der Waals surface area contributed by atoms with Crippen molar-refractivity contribution in [3.63, 3.8) is 0 Å². The fourth-order valence-corrected chi connectivity index (χ4v) is 5.25. The van der Waals surface area contributed by atoms with Gasteiger partial charge in [-0.15, -0.1) is 0 Å². The molecule has 0 amide bonds. The highest BCUT2D eigenvalue weighted by Gasteiger charge is 2.27. The summed E-state index contributed by atoms with van der Waals surface area (Å²) in [6.45, 7) is 11.6. The summed E-state index contributed by atoms with van der Waals surface area (Å²) in [7, 11) is 0. The first kappa shape index (κ1) is 34.3. The molecule has 2 aromatic carbocycles. The molecule has 0 aliphatic heterocycles. The second-order valence-corrected chi connectivity index (χ2v) is 13.8. The molecule has 0 aliphatic rings. The third-order valence-corrected chi connectivity index (χ3v) is 7.86. The van der Waals surface area contributed by atoms with Gasteiger partial charge < -0.3 is 20.2 Å². The number of rotatable bonds is 8. The number of carbonyl (C=O) groups excluding carboxylic acids is 2. The minimum Gasteiger partial charge on any atom is -0.396 e. The Labute approximate surface area is 279 Å². The van der Waals surface area contributed by atoms with Crippen molar-refractivity contribution in [2.75, 3.05) is 13.2 Å². The third-order valence-electron chi connectivity index (χ3n) is 7.86. The first-order chi connectivity index (χ1) is 22.8. The molecule has 0 saturated heterocycles. The van der Waals surface area contributed by atoms with Crippen LogP contribution in [0, 0.1) is 10.8 Å². The van der Waals surface area contributed by atoms with Gasteiger partial charge in [-0.25, -0.2) is 19.9 Å². The molecule has 0 atom stereocenters. The van der Waals surface area contributed by atoms with Gasteiger partial charge in [0.1, 0.15) is 11.0 Å². The summed E-state index contributed by atoms with van der Waals surface area (Å²) < 4.78 is 0. The summed E-state index contributed by atoms with van der Waals surface area (Å²) in [6.07, 6.45) is 7.96. The topological polar surface area (TPSA) is 158 Å². The lowest BCUT2D eigenvalue weighted by atomic mass is 9.87. The number of ketones is 2. The second kappa shape index (κ2) is 14.0. The molecule has 0 unspecified atom stereocenters. The molecule has 248 valence electrons. The lowest BCUT2D eigenvalue weighted by molar-refractivity contribution is 0.0854. The zero-order valence-electron chi connectivity index (χ0n) is 28.3. The summed E-state index contributed by atoms with van der Waals surface area (Å²) in [5, 5.41) is 18.2. The van der Waals surface area contributed by atoms with E-state index in [1.54, 1.807) is 24.8 Å². The molecule has 0 bridgehead atoms. The van der Waals surface area contributed by atoms with Crippen LogP contribution in [0.4, 0.5) is 0 Å². The number of aromatic amines is 2. The summed E-state index contributed by atoms with van der Waals surface area (Å²) in [5.41, 5.74) is 7.94. The Bertz CT molecular complexity index is 1930. The highest BCUT2D eigenvalue weighted by atomic mass is 16.3. The van der Waals surface area contributed by atoms with Crippen molar-refractivity contribution in [3.8, 4) is 22.5 Å². The second-order valence-electron chi connectivity index (χ2n) is 13.8. The normalized spacial score (nSPS) is 11.8. The molecule has 0 fully saturated rings. The van der Waals surface area contributed by atoms with Gasteiger partial charge in [-0.1, -0.05) is 77.9 Å². The minimum absolute atomic E-state index is 0.0363. The summed E-state index contributed by atoms with van der Waals surface area (Å²) in [4.78, 5) is 49.4. The maximum absolute atomic E-state index is 12.6. The number of aromatic nitrogens is 6. The van der Waals surface area contributed by atoms with Crippen molar-refractivity contribution in [3.05, 3.63) is 95.6 Å². The smallest absolute Gasteiger partial charge is 0.171 e. The summed E-state index contributed by atoms with van der Waals surface area (Å²) in [5.74, 6) is 0.0727. The number of aliphatic hydroxyl groups is 2. The first-order valence-corrected chi connectivity index (χ1v) is 16.0. The third kappa shape index (κ3) is 7.56. The number of fused-ring (bicyclic) bond motifs is 2. The Morgan fingerprint density at radius 1 is 0.646 bits per heavy atom. The molecule has 0 spiro atoms. The maximum atomic E-state index is 12.6. The number of hydrogen-bond donors (Lipinski definition) is 4. The van der Waals surface area contributed by atoms with Crippen molar-refractivity contribution < 1.29 is 19.8 Å². The Morgan fingerprint density at radius 2 is 1.04 bits per heavy atom. The molecular formula is C38H42N6O4. The van der Waals surface area contributed by atoms with Crippen LogP contribution in [-0.2, 0) is 12.8 Å². The van der Waals surface area contributed by atoms with E-state index >= 15 is 0 Å². The summed E-state index contributed by atoms with van der Waals surface area (Å²) >= 11 is 0. The predicted molar refractivity (Wildman–Crippen MR) is 188 cm³/mol. The highest BCUT2D eigenvalue weighted by molar-refractivity contribution is 6.09. The van der Waals surface area contributed by atoms with Crippen molar-refractivity contribution in [2.24, 2.45) is 10.8 Å². The maximum Gasteiger partial charge on any atom is 0.171 e. The average molecular weight is 647 g/mol. The molecule has 48 heavy (non-hydrogen) atoms. The van der Waals surface area contributed by atoms with Crippen LogP contribution in [0.3, 0.4) is 0 Å². The molecule has 6 rings (SSSR count). The van der Waals surface area contributed by atoms with Gasteiger partial charge in [0.15, 0.2) is 22.9 Å². The first-order valence-electron chi connectivity index (χ1n) is 16.0. The van der Waals surface area contributed by atoms with E-state index in [4.69, 9.17) is 10.2 Å². The van der Waals surface area contributed by atoms with E-state index in [2.05, 4.69) is 29.9 Å². The van der Waals surface area contributed by atoms with Gasteiger partial charge in [0.05, 0.1) is 34.9 Å². The van der Waals surface area contributed by atoms with Gasteiger partial charge >= 0.3 is 0 Å². The van der Waals surface area contributed by atoms with E-state index in [0.29, 0.717) is 57.7 Å². The van der Waals surface area contributed by atoms with E-state index in [1.165, 1.54) is 0 Å². The predicted octanol–water partition coefficient (Wildman–Crippen LogP) is 6.78. The molecule has 0 aliphatic carbocycles. The molecule has 6 aromatic rings. The Morgan fingerprint density at radius 3 is 1.40 bits per heavy atom. The van der Waals surface area contributed by atoms with Gasteiger partial charge in [0, 0.05) is 47.6 Å². The standard InChI is InChI=1S/2C19H21N3O2/c2*1-19(2,3)17(24)14-10-20-18-16(14)22-15(11-21-18)13-6-4-5-12(9-13)7-8-23/h2*4-6,9-11,23H,7-8H2,1-3H3,(H,20,21). The van der Waals surface area contributed by atoms with Crippen LogP contribution < -0.4 is 0 Å². The molecule has 4 N–H and O–H groups in total. The summed E-state index contributed by atoms with van der Waals surface area (Å²) in [6, 6.07) is 15.7. The fraction of sp³-hybridized carbons (Fsp3) is 0.316. The number of H-pyrrole nitrogens is 2. The van der Waals surface area contributed by atoms with Crippen LogP contribution in [0.5, 0.6) is 0 Å². The van der Waals surface area contributed by atoms with Gasteiger partial charge in [0.25, 0.3) is 0 Å². The molecular weight excluding hydrogens is 604 g/mol. The van der Waals surface area contributed by atoms with Gasteiger partial charge in [-0.05, 0) is 36.1 Å². The number of benzene rings is 2. The molecule has 0 saturated carbocycles. The van der Waals surface area contributed by atoms with Crippen LogP contribution in [0.25, 0.3) is 44.8 Å². The number of aliphatic hydroxyl groups excluding tert-OH is 2. The van der Waals surface area contributed by atoms with Crippen molar-refractivity contribution in [2.45, 2.75) is 54.4 Å². The largest absolute Gasteiger partial charge is 0.396 e. The lowest BCUT2D eigenvalue weighted by Gasteiger charge is -2.15. The highest BCUT2D eigenvalue weighted by Crippen LogP contribution is 2.29. The van der Waals surface area contributed by atoms with E-state index in [-0.39, 0.29) is 24.8 Å². The number of carbonyl (C=O) groups is 2. The Kier molecular flexibility index (Phi) is 9.98. The van der Waals surface area contributed by atoms with Crippen LogP contribution in [0.15, 0.2) is 73.3 Å². The number of nitrogens with zero attached hydrogens (tertiary/aromatic N) is 4. The van der Waals surface area contributed by atoms with Gasteiger partial charge in [0.2, 0.25) is 0 Å². The van der Waals surface area contributed by atoms with Gasteiger partial charge in [-0.2, -0.15) is 0 Å². The van der Waals surface area contributed by atoms with Crippen molar-refractivity contribution in [1.82, 2.24) is 29.9 Å². The van der Waals surface area contributed by atoms with E-state index in [0.717, 1.165) is 22.3 Å². The van der Waals surface area contributed by atoms with Crippen LogP contribution in [0.1, 0.15) is 73.4 Å². The number of Topliss-reactive ketones (excluding diaryl/α,β-unsaturated/α-hetero) is 2. The SMILES string of the molecule is CC(C)(C)C(=O)c1c[nH]c2ncc(-c3cccc(CCO)c3)nc12.CC(C)(C)C(=O)c1c[nH]c2ncc(-c3cccc(CCO)c3)nc12. The van der Waals surface area contributed by atoms with Gasteiger partial charge in [-0.3, -0.25) is 9.59 Å². The van der Waals surface area contributed by atoms with Crippen LogP contribution >= 0.6 is 0 Å². The average Bonchev–Trinajstić information content (AvgIpc) is 3.68. The minimum atomic E-state index is -0.478. The Hall–Kier alpha value is -5.06. The quantitative estimate of drug-likeness (QED) is 0.132. The molecule has 4 heterocycles. The fourth-order valence-electron chi connectivity index (χ4n) is 5.25. The molecule has 4 aromatic heterocycles. The molecule has 10 nitrogen and oxygen atoms in total. The van der Waals surface area contributed by atoms with Crippen LogP contribution in [-0.4, -0.2) is 64.9 Å². The Balaban J connectivity index is 0.000000188. The molecule has 0 radical (unpaired) electrons.